The first kappa shape index (κ1) is 8.01. The summed E-state index contributed by atoms with van der Waals surface area (Å²) in [6.07, 6.45) is 4.27. The van der Waals surface area contributed by atoms with Crippen LogP contribution in [0.2, 0.25) is 0 Å². The first-order valence-corrected chi connectivity index (χ1v) is 5.20. The predicted molar refractivity (Wildman–Crippen MR) is 38.8 cm³/mol. The van der Waals surface area contributed by atoms with Gasteiger partial charge in [0.1, 0.15) is 0 Å². The summed E-state index contributed by atoms with van der Waals surface area (Å²) in [7, 11) is -3.46. The molecule has 59 valence electrons. The Morgan fingerprint density at radius 1 is 1.30 bits per heavy atom. The zero-order valence-corrected chi connectivity index (χ0v) is 6.65. The van der Waals surface area contributed by atoms with Gasteiger partial charge < -0.3 is 0 Å². The minimum atomic E-state index is -3.46. The standard InChI is InChI=1S/C6H12NO2S/c7-10(8,9)5-6-3-1-2-4-6/h6-7H,1-5H2. The van der Waals surface area contributed by atoms with Crippen molar-refractivity contribution in [2.45, 2.75) is 25.7 Å². The third-order valence-corrected chi connectivity index (χ3v) is 2.84. The molecule has 0 aromatic rings. The average Bonchev–Trinajstić information content (AvgIpc) is 2.12. The van der Waals surface area contributed by atoms with Gasteiger partial charge in [-0.1, -0.05) is 12.8 Å². The Balaban J connectivity index is 2.38. The van der Waals surface area contributed by atoms with Crippen LogP contribution in [-0.2, 0) is 10.0 Å². The smallest absolute Gasteiger partial charge is 0.211 e. The van der Waals surface area contributed by atoms with Gasteiger partial charge in [-0.25, -0.2) is 8.42 Å². The molecule has 0 amide bonds. The Labute approximate surface area is 61.7 Å². The van der Waals surface area contributed by atoms with Crippen molar-refractivity contribution in [1.29, 1.82) is 0 Å². The Hall–Kier alpha value is -0.0900. The molecule has 1 rings (SSSR count). The van der Waals surface area contributed by atoms with E-state index in [0.29, 0.717) is 0 Å². The van der Waals surface area contributed by atoms with Gasteiger partial charge in [0.15, 0.2) is 0 Å². The molecule has 0 saturated heterocycles. The molecular weight excluding hydrogens is 150 g/mol. The van der Waals surface area contributed by atoms with Gasteiger partial charge in [0.25, 0.3) is 0 Å². The van der Waals surface area contributed by atoms with E-state index in [1.807, 2.05) is 0 Å². The Kier molecular flexibility index (Phi) is 2.31. The van der Waals surface area contributed by atoms with Crippen LogP contribution in [0, 0.1) is 5.92 Å². The van der Waals surface area contributed by atoms with E-state index in [4.69, 9.17) is 5.14 Å². The van der Waals surface area contributed by atoms with E-state index < -0.39 is 10.0 Å². The third kappa shape index (κ3) is 2.66. The molecule has 3 nitrogen and oxygen atoms in total. The van der Waals surface area contributed by atoms with Crippen molar-refractivity contribution in [3.8, 4) is 0 Å². The molecule has 1 N–H and O–H groups in total. The Bertz CT molecular complexity index is 192. The minimum Gasteiger partial charge on any atom is -0.211 e. The molecule has 4 heteroatoms. The lowest BCUT2D eigenvalue weighted by molar-refractivity contribution is 0.559. The number of nitrogens with one attached hydrogen (secondary N) is 1. The van der Waals surface area contributed by atoms with E-state index in [0.717, 1.165) is 25.7 Å². The molecule has 1 aliphatic rings. The summed E-state index contributed by atoms with van der Waals surface area (Å²) >= 11 is 0. The lowest BCUT2D eigenvalue weighted by Gasteiger charge is -2.03. The summed E-state index contributed by atoms with van der Waals surface area (Å²) in [6, 6.07) is 0. The first-order valence-electron chi connectivity index (χ1n) is 3.55. The summed E-state index contributed by atoms with van der Waals surface area (Å²) in [6.45, 7) is 0. The number of rotatable bonds is 2. The van der Waals surface area contributed by atoms with Crippen molar-refractivity contribution in [1.82, 2.24) is 5.14 Å². The molecule has 0 heterocycles. The fraction of sp³-hybridized carbons (Fsp3) is 1.00. The summed E-state index contributed by atoms with van der Waals surface area (Å²) in [5.41, 5.74) is 0. The van der Waals surface area contributed by atoms with Crippen molar-refractivity contribution in [2.24, 2.45) is 5.92 Å². The second-order valence-electron chi connectivity index (χ2n) is 2.93. The van der Waals surface area contributed by atoms with E-state index >= 15 is 0 Å². The number of hydrogen-bond acceptors (Lipinski definition) is 2. The van der Waals surface area contributed by atoms with Gasteiger partial charge in [0.05, 0.1) is 5.75 Å². The zero-order valence-electron chi connectivity index (χ0n) is 5.84. The Morgan fingerprint density at radius 2 is 1.80 bits per heavy atom. The highest BCUT2D eigenvalue weighted by Crippen LogP contribution is 2.25. The summed E-state index contributed by atoms with van der Waals surface area (Å²) in [5.74, 6) is 0.356. The van der Waals surface area contributed by atoms with Crippen molar-refractivity contribution < 1.29 is 8.42 Å². The molecule has 10 heavy (non-hydrogen) atoms. The van der Waals surface area contributed by atoms with Gasteiger partial charge in [0.2, 0.25) is 10.0 Å². The number of hydrogen-bond donors (Lipinski definition) is 0. The van der Waals surface area contributed by atoms with E-state index in [9.17, 15) is 8.42 Å². The van der Waals surface area contributed by atoms with E-state index in [1.54, 1.807) is 0 Å². The summed E-state index contributed by atoms with van der Waals surface area (Å²) < 4.78 is 20.9. The van der Waals surface area contributed by atoms with Gasteiger partial charge in [-0.3, -0.25) is 0 Å². The molecule has 0 spiro atoms. The molecule has 0 atom stereocenters. The van der Waals surface area contributed by atoms with Gasteiger partial charge in [-0.15, -0.1) is 5.14 Å². The molecule has 1 radical (unpaired) electrons. The van der Waals surface area contributed by atoms with Crippen LogP contribution < -0.4 is 5.14 Å². The normalized spacial score (nSPS) is 21.7. The molecule has 0 aromatic carbocycles. The zero-order chi connectivity index (χ0) is 7.61. The first-order chi connectivity index (χ1) is 4.58. The highest BCUT2D eigenvalue weighted by molar-refractivity contribution is 7.88. The van der Waals surface area contributed by atoms with Gasteiger partial charge in [0, 0.05) is 0 Å². The van der Waals surface area contributed by atoms with Crippen molar-refractivity contribution >= 4 is 10.0 Å². The second kappa shape index (κ2) is 2.88. The summed E-state index contributed by atoms with van der Waals surface area (Å²) in [5, 5.41) is 6.67. The van der Waals surface area contributed by atoms with Crippen LogP contribution in [0.3, 0.4) is 0 Å². The third-order valence-electron chi connectivity index (χ3n) is 1.93. The topological polar surface area (TPSA) is 57.9 Å². The minimum absolute atomic E-state index is 0.0764. The lowest BCUT2D eigenvalue weighted by atomic mass is 10.1. The Morgan fingerprint density at radius 3 is 2.20 bits per heavy atom. The van der Waals surface area contributed by atoms with Crippen LogP contribution in [0.1, 0.15) is 25.7 Å². The van der Waals surface area contributed by atoms with Crippen molar-refractivity contribution in [3.05, 3.63) is 0 Å². The van der Waals surface area contributed by atoms with E-state index in [1.165, 1.54) is 0 Å². The highest BCUT2D eigenvalue weighted by atomic mass is 32.2. The van der Waals surface area contributed by atoms with Crippen LogP contribution in [0.25, 0.3) is 0 Å². The molecular formula is C6H12NO2S. The van der Waals surface area contributed by atoms with Crippen LogP contribution in [0.15, 0.2) is 0 Å². The molecule has 0 unspecified atom stereocenters. The predicted octanol–water partition coefficient (Wildman–Crippen LogP) is 0.789. The number of sulfonamides is 1. The van der Waals surface area contributed by atoms with Gasteiger partial charge in [-0.2, -0.15) is 0 Å². The van der Waals surface area contributed by atoms with Crippen LogP contribution in [0.5, 0.6) is 0 Å². The van der Waals surface area contributed by atoms with Gasteiger partial charge >= 0.3 is 0 Å². The van der Waals surface area contributed by atoms with Gasteiger partial charge in [-0.05, 0) is 18.8 Å². The van der Waals surface area contributed by atoms with Crippen LogP contribution in [0.4, 0.5) is 0 Å². The maximum atomic E-state index is 10.5. The molecule has 1 fully saturated rings. The molecule has 0 bridgehead atoms. The molecule has 1 saturated carbocycles. The lowest BCUT2D eigenvalue weighted by Crippen LogP contribution is -2.13. The quantitative estimate of drug-likeness (QED) is 0.602. The molecule has 0 aliphatic heterocycles. The van der Waals surface area contributed by atoms with E-state index in [2.05, 4.69) is 0 Å². The molecule has 1 aliphatic carbocycles. The largest absolute Gasteiger partial charge is 0.225 e. The average molecular weight is 162 g/mol. The van der Waals surface area contributed by atoms with Crippen molar-refractivity contribution in [2.75, 3.05) is 5.75 Å². The maximum Gasteiger partial charge on any atom is 0.225 e. The second-order valence-corrected chi connectivity index (χ2v) is 4.49. The maximum absolute atomic E-state index is 10.5. The SMILES string of the molecule is [NH]S(=O)(=O)CC1CCCC1. The van der Waals surface area contributed by atoms with Crippen LogP contribution >= 0.6 is 0 Å². The van der Waals surface area contributed by atoms with E-state index in [-0.39, 0.29) is 11.7 Å². The van der Waals surface area contributed by atoms with Crippen LogP contribution in [-0.4, -0.2) is 14.2 Å². The van der Waals surface area contributed by atoms with Crippen molar-refractivity contribution in [3.63, 3.8) is 0 Å². The fourth-order valence-corrected chi connectivity index (χ4v) is 2.44. The molecule has 0 aromatic heterocycles. The summed E-state index contributed by atoms with van der Waals surface area (Å²) in [4.78, 5) is 0. The monoisotopic (exact) mass is 162 g/mol. The highest BCUT2D eigenvalue weighted by Gasteiger charge is 2.19. The fourth-order valence-electron chi connectivity index (χ4n) is 1.49.